The second-order valence-corrected chi connectivity index (χ2v) is 10.7. The minimum absolute atomic E-state index is 0.00388. The van der Waals surface area contributed by atoms with Gasteiger partial charge in [0.05, 0.1) is 11.8 Å². The zero-order valence-electron chi connectivity index (χ0n) is 21.9. The lowest BCUT2D eigenvalue weighted by atomic mass is 10.0. The molecule has 0 aliphatic heterocycles. The van der Waals surface area contributed by atoms with Crippen LogP contribution in [-0.4, -0.2) is 92.6 Å². The molecule has 0 unspecified atom stereocenters. The fraction of sp³-hybridized carbons (Fsp3) is 0.458. The molecular weight excluding hydrogens is 617 g/mol. The lowest BCUT2D eigenvalue weighted by Gasteiger charge is -2.26. The number of benzene rings is 1. The van der Waals surface area contributed by atoms with E-state index in [0.29, 0.717) is 5.56 Å². The number of carboxylic acid groups (broad SMARTS) is 1. The quantitative estimate of drug-likeness (QED) is 0.0284. The van der Waals surface area contributed by atoms with Gasteiger partial charge in [0.1, 0.15) is 29.7 Å². The molecule has 1 aromatic rings. The number of rotatable bonds is 20. The van der Waals surface area contributed by atoms with Crippen LogP contribution in [-0.2, 0) is 40.0 Å². The summed E-state index contributed by atoms with van der Waals surface area (Å²) in [5.74, 6) is -7.50. The number of nitrogens with one attached hydrogen (secondary N) is 4. The number of amides is 2. The first-order valence-corrected chi connectivity index (χ1v) is 15.4. The zero-order valence-corrected chi connectivity index (χ0v) is 25.4. The van der Waals surface area contributed by atoms with E-state index < -0.39 is 65.7 Å². The normalized spacial score (nSPS) is 13.8. The molecule has 4 atom stereocenters. The van der Waals surface area contributed by atoms with E-state index in [0.717, 1.165) is 10.8 Å². The highest BCUT2D eigenvalue weighted by atomic mass is 33.1. The number of hydrogen-bond acceptors (Lipinski definition) is 14. The standard InChI is InChI=1S/C24H32N4O9S4/c1-12(29)17(9-38)28-27-16(8-13-2-4-14(30)5-3-13)24(37)25-15(6-7-20(32)33)23(36)26-18(10-39)21(34)22(35)19(31)11-41-40/h2-5,15-18,27-28,30,38-40H,6-11H2,1H3,(H,25,37)(H,26,36)(H,32,33)/t15-,16-,17-,18-/m0/s1. The average molecular weight is 649 g/mol. The highest BCUT2D eigenvalue weighted by Gasteiger charge is 2.33. The van der Waals surface area contributed by atoms with Gasteiger partial charge in [0.25, 0.3) is 5.78 Å². The fourth-order valence-corrected chi connectivity index (χ4v) is 4.45. The van der Waals surface area contributed by atoms with E-state index in [1.54, 1.807) is 12.1 Å². The number of hydrazine groups is 1. The van der Waals surface area contributed by atoms with Crippen LogP contribution in [0.2, 0.25) is 0 Å². The predicted molar refractivity (Wildman–Crippen MR) is 161 cm³/mol. The molecule has 226 valence electrons. The van der Waals surface area contributed by atoms with Gasteiger partial charge in [0.2, 0.25) is 23.4 Å². The van der Waals surface area contributed by atoms with Gasteiger partial charge in [0.15, 0.2) is 0 Å². The van der Waals surface area contributed by atoms with Crippen molar-refractivity contribution < 1.29 is 43.8 Å². The first-order valence-electron chi connectivity index (χ1n) is 12.1. The minimum atomic E-state index is -1.52. The molecule has 0 fully saturated rings. The molecule has 0 aliphatic rings. The molecule has 1 aromatic carbocycles. The van der Waals surface area contributed by atoms with Crippen LogP contribution in [0.3, 0.4) is 0 Å². The van der Waals surface area contributed by atoms with E-state index in [4.69, 9.17) is 5.11 Å². The molecule has 0 aliphatic carbocycles. The van der Waals surface area contributed by atoms with Crippen LogP contribution in [0.25, 0.3) is 0 Å². The van der Waals surface area contributed by atoms with Crippen LogP contribution in [0.5, 0.6) is 5.75 Å². The summed E-state index contributed by atoms with van der Waals surface area (Å²) in [5, 5.41) is 23.4. The summed E-state index contributed by atoms with van der Waals surface area (Å²) in [6.07, 6.45) is -0.897. The van der Waals surface area contributed by atoms with E-state index in [1.807, 2.05) is 0 Å². The number of aliphatic carboxylic acids is 1. The van der Waals surface area contributed by atoms with E-state index in [9.17, 15) is 38.7 Å². The second-order valence-electron chi connectivity index (χ2n) is 8.68. The maximum Gasteiger partial charge on any atom is 0.303 e. The van der Waals surface area contributed by atoms with Crippen molar-refractivity contribution in [2.75, 3.05) is 17.3 Å². The summed E-state index contributed by atoms with van der Waals surface area (Å²) in [6.45, 7) is 1.33. The topological polar surface area (TPSA) is 208 Å². The molecule has 0 saturated heterocycles. The molecule has 41 heavy (non-hydrogen) atoms. The van der Waals surface area contributed by atoms with Crippen LogP contribution in [0.15, 0.2) is 24.3 Å². The molecule has 0 saturated carbocycles. The Morgan fingerprint density at radius 1 is 0.854 bits per heavy atom. The van der Waals surface area contributed by atoms with Crippen molar-refractivity contribution in [2.24, 2.45) is 0 Å². The molecule has 0 bridgehead atoms. The van der Waals surface area contributed by atoms with Gasteiger partial charge in [-0.05, 0) is 37.5 Å². The average Bonchev–Trinajstić information content (AvgIpc) is 2.93. The van der Waals surface area contributed by atoms with Crippen molar-refractivity contribution in [1.82, 2.24) is 21.5 Å². The number of ketones is 4. The Kier molecular flexibility index (Phi) is 16.7. The molecule has 0 spiro atoms. The number of carbonyl (C=O) groups is 7. The maximum atomic E-state index is 13.3. The molecule has 0 heterocycles. The Morgan fingerprint density at radius 3 is 1.90 bits per heavy atom. The van der Waals surface area contributed by atoms with E-state index in [-0.39, 0.29) is 41.6 Å². The Labute approximate surface area is 256 Å². The highest BCUT2D eigenvalue weighted by Crippen LogP contribution is 2.12. The van der Waals surface area contributed by atoms with Crippen LogP contribution in [0.4, 0.5) is 0 Å². The van der Waals surface area contributed by atoms with Gasteiger partial charge in [0, 0.05) is 17.9 Å². The minimum Gasteiger partial charge on any atom is -0.508 e. The molecule has 13 nitrogen and oxygen atoms in total. The summed E-state index contributed by atoms with van der Waals surface area (Å²) < 4.78 is 0. The van der Waals surface area contributed by atoms with Gasteiger partial charge >= 0.3 is 5.97 Å². The Balaban J connectivity index is 3.17. The summed E-state index contributed by atoms with van der Waals surface area (Å²) in [6, 6.07) is 1.07. The largest absolute Gasteiger partial charge is 0.508 e. The third-order valence-corrected chi connectivity index (χ3v) is 7.07. The first-order chi connectivity index (χ1) is 19.3. The number of phenols is 1. The van der Waals surface area contributed by atoms with Crippen LogP contribution < -0.4 is 21.5 Å². The van der Waals surface area contributed by atoms with Crippen molar-refractivity contribution in [3.63, 3.8) is 0 Å². The number of aromatic hydroxyl groups is 1. The number of phenolic OH excluding ortho intramolecular Hbond substituents is 1. The summed E-state index contributed by atoms with van der Waals surface area (Å²) in [7, 11) is 0.738. The monoisotopic (exact) mass is 648 g/mol. The van der Waals surface area contributed by atoms with Gasteiger partial charge < -0.3 is 20.8 Å². The van der Waals surface area contributed by atoms with Crippen molar-refractivity contribution in [3.05, 3.63) is 29.8 Å². The van der Waals surface area contributed by atoms with E-state index in [1.165, 1.54) is 19.1 Å². The molecule has 1 rings (SSSR count). The SMILES string of the molecule is CC(=O)[C@H](CS)NN[C@@H](Cc1ccc(O)cc1)C(=O)N[C@@H](CCC(=O)O)C(=O)N[C@@H](CS)C(=O)C(=O)C(=O)CSS. The second kappa shape index (κ2) is 18.8. The van der Waals surface area contributed by atoms with Crippen LogP contribution in [0.1, 0.15) is 25.3 Å². The van der Waals surface area contributed by atoms with Gasteiger partial charge in [-0.15, -0.1) is 11.7 Å². The lowest BCUT2D eigenvalue weighted by Crippen LogP contribution is -2.59. The molecule has 17 heteroatoms. The molecule has 6 N–H and O–H groups in total. The smallest absolute Gasteiger partial charge is 0.303 e. The summed E-state index contributed by atoms with van der Waals surface area (Å²) >= 11 is 11.8. The van der Waals surface area contributed by atoms with E-state index >= 15 is 0 Å². The Bertz CT molecular complexity index is 1120. The first kappa shape index (κ1) is 36.5. The zero-order chi connectivity index (χ0) is 31.1. The third-order valence-electron chi connectivity index (χ3n) is 5.57. The number of Topliss-reactive ketones (excluding diaryl/α,β-unsaturated/α-hetero) is 4. The summed E-state index contributed by atoms with van der Waals surface area (Å²) in [4.78, 5) is 85.8. The number of carboxylic acids is 1. The summed E-state index contributed by atoms with van der Waals surface area (Å²) in [5.41, 5.74) is 6.04. The predicted octanol–water partition coefficient (Wildman–Crippen LogP) is -0.666. The third kappa shape index (κ3) is 12.9. The number of thiol groups is 3. The Hall–Kier alpha value is -2.57. The van der Waals surface area contributed by atoms with Crippen molar-refractivity contribution in [1.29, 1.82) is 0 Å². The van der Waals surface area contributed by atoms with Crippen LogP contribution in [0, 0.1) is 0 Å². The van der Waals surface area contributed by atoms with Gasteiger partial charge in [-0.3, -0.25) is 33.6 Å². The van der Waals surface area contributed by atoms with Crippen molar-refractivity contribution >= 4 is 88.6 Å². The maximum absolute atomic E-state index is 13.3. The van der Waals surface area contributed by atoms with Crippen molar-refractivity contribution in [3.8, 4) is 5.75 Å². The fourth-order valence-electron chi connectivity index (χ4n) is 3.25. The molecule has 0 aromatic heterocycles. The highest BCUT2D eigenvalue weighted by molar-refractivity contribution is 8.68. The van der Waals surface area contributed by atoms with Crippen molar-refractivity contribution in [2.45, 2.75) is 50.4 Å². The molecule has 2 amide bonds. The number of carbonyl (C=O) groups excluding carboxylic acids is 6. The number of hydrogen-bond donors (Lipinski definition) is 9. The van der Waals surface area contributed by atoms with Gasteiger partial charge in [-0.1, -0.05) is 22.9 Å². The molecular formula is C24H32N4O9S4. The van der Waals surface area contributed by atoms with Gasteiger partial charge in [-0.25, -0.2) is 10.9 Å². The van der Waals surface area contributed by atoms with Crippen LogP contribution >= 0.6 is 47.7 Å². The lowest BCUT2D eigenvalue weighted by molar-refractivity contribution is -0.144. The van der Waals surface area contributed by atoms with E-state index in [2.05, 4.69) is 58.4 Å². The van der Waals surface area contributed by atoms with Gasteiger partial charge in [-0.2, -0.15) is 25.3 Å². The molecule has 0 radical (unpaired) electrons. The Morgan fingerprint density at radius 2 is 1.39 bits per heavy atom.